The van der Waals surface area contributed by atoms with Gasteiger partial charge in [-0.25, -0.2) is 0 Å². The fourth-order valence-corrected chi connectivity index (χ4v) is 2.68. The van der Waals surface area contributed by atoms with Crippen LogP contribution in [0.5, 0.6) is 0 Å². The topological polar surface area (TPSA) is 109 Å². The van der Waals surface area contributed by atoms with E-state index in [4.69, 9.17) is 9.11 Å². The van der Waals surface area contributed by atoms with Crippen molar-refractivity contribution in [3.8, 4) is 0 Å². The highest BCUT2D eigenvalue weighted by atomic mass is 32.2. The van der Waals surface area contributed by atoms with E-state index in [9.17, 15) is 25.6 Å². The molecule has 6 nitrogen and oxygen atoms in total. The van der Waals surface area contributed by atoms with Gasteiger partial charge < -0.3 is 0 Å². The van der Waals surface area contributed by atoms with E-state index in [-0.39, 0.29) is 12.8 Å². The molecule has 0 spiro atoms. The first kappa shape index (κ1) is 17.7. The summed E-state index contributed by atoms with van der Waals surface area (Å²) >= 11 is 0. The first-order chi connectivity index (χ1) is 8.09. The Kier molecular flexibility index (Phi) is 7.18. The van der Waals surface area contributed by atoms with Crippen LogP contribution in [-0.4, -0.2) is 50.8 Å². The lowest BCUT2D eigenvalue weighted by molar-refractivity contribution is 0.204. The van der Waals surface area contributed by atoms with E-state index in [1.807, 2.05) is 0 Å². The van der Waals surface area contributed by atoms with Crippen LogP contribution in [0.1, 0.15) is 12.8 Å². The maximum atomic E-state index is 12.6. The number of halogens is 2. The fourth-order valence-electron chi connectivity index (χ4n) is 1.48. The van der Waals surface area contributed by atoms with Crippen molar-refractivity contribution in [1.82, 2.24) is 0 Å². The summed E-state index contributed by atoms with van der Waals surface area (Å²) in [5.41, 5.74) is 0. The van der Waals surface area contributed by atoms with Crippen LogP contribution in [0.15, 0.2) is 0 Å². The fraction of sp³-hybridized carbons (Fsp3) is 1.00. The Labute approximate surface area is 105 Å². The maximum absolute atomic E-state index is 12.6. The Bertz CT molecular complexity index is 391. The minimum Gasteiger partial charge on any atom is -0.286 e. The Balaban J connectivity index is 4.48. The normalized spacial score (nSPS) is 16.4. The summed E-state index contributed by atoms with van der Waals surface area (Å²) in [5, 5.41) is 0. The monoisotopic (exact) mass is 310 g/mol. The maximum Gasteiger partial charge on any atom is 0.264 e. The molecule has 0 aromatic rings. The summed E-state index contributed by atoms with van der Waals surface area (Å²) in [7, 11) is -8.54. The Morgan fingerprint density at radius 1 is 0.778 bits per heavy atom. The molecule has 0 aromatic carbocycles. The van der Waals surface area contributed by atoms with Crippen LogP contribution in [0.2, 0.25) is 0 Å². The zero-order valence-corrected chi connectivity index (χ0v) is 11.1. The molecule has 0 amide bonds. The highest BCUT2D eigenvalue weighted by Crippen LogP contribution is 2.22. The van der Waals surface area contributed by atoms with E-state index >= 15 is 0 Å². The Hall–Kier alpha value is -0.320. The summed E-state index contributed by atoms with van der Waals surface area (Å²) in [4.78, 5) is 0. The molecule has 0 saturated carbocycles. The minimum atomic E-state index is -4.27. The van der Waals surface area contributed by atoms with E-state index in [0.717, 1.165) is 0 Å². The molecule has 0 aromatic heterocycles. The largest absolute Gasteiger partial charge is 0.286 e. The third kappa shape index (κ3) is 8.72. The summed E-state index contributed by atoms with van der Waals surface area (Å²) in [6.07, 6.45) is -0.620. The van der Waals surface area contributed by atoms with Crippen LogP contribution in [0.4, 0.5) is 8.78 Å². The van der Waals surface area contributed by atoms with Crippen LogP contribution >= 0.6 is 0 Å². The van der Waals surface area contributed by atoms with Crippen molar-refractivity contribution in [3.63, 3.8) is 0 Å². The predicted molar refractivity (Wildman–Crippen MR) is 61.0 cm³/mol. The molecule has 0 aliphatic carbocycles. The van der Waals surface area contributed by atoms with Crippen molar-refractivity contribution in [2.75, 3.05) is 24.9 Å². The minimum absolute atomic E-state index is 0.310. The second-order valence-electron chi connectivity index (χ2n) is 3.98. The summed E-state index contributed by atoms with van der Waals surface area (Å²) in [6, 6.07) is 0. The second kappa shape index (κ2) is 7.31. The molecule has 0 saturated heterocycles. The van der Waals surface area contributed by atoms with Gasteiger partial charge in [0.05, 0.1) is 24.9 Å². The Morgan fingerprint density at radius 2 is 1.06 bits per heavy atom. The zero-order valence-electron chi connectivity index (χ0n) is 9.50. The van der Waals surface area contributed by atoms with Gasteiger partial charge in [-0.3, -0.25) is 17.9 Å². The first-order valence-electron chi connectivity index (χ1n) is 5.11. The quantitative estimate of drug-likeness (QED) is 0.607. The molecule has 0 radical (unpaired) electrons. The molecule has 0 bridgehead atoms. The van der Waals surface area contributed by atoms with Gasteiger partial charge in [-0.1, -0.05) is 0 Å². The van der Waals surface area contributed by atoms with Gasteiger partial charge in [0.25, 0.3) is 20.2 Å². The molecular formula is C8H16F2O6S2. The SMILES string of the molecule is O=S(=O)(O)CCC(CF)C(CF)CCS(=O)(=O)O. The molecule has 0 heterocycles. The molecule has 0 aliphatic heterocycles. The lowest BCUT2D eigenvalue weighted by Gasteiger charge is -2.21. The molecule has 2 N–H and O–H groups in total. The molecule has 0 fully saturated rings. The number of hydrogen-bond acceptors (Lipinski definition) is 4. The molecule has 0 aliphatic rings. The zero-order chi connectivity index (χ0) is 14.4. The van der Waals surface area contributed by atoms with Gasteiger partial charge in [0.2, 0.25) is 0 Å². The smallest absolute Gasteiger partial charge is 0.264 e. The lowest BCUT2D eigenvalue weighted by atomic mass is 9.90. The van der Waals surface area contributed by atoms with E-state index in [1.54, 1.807) is 0 Å². The average Bonchev–Trinajstić information content (AvgIpc) is 2.20. The van der Waals surface area contributed by atoms with Crippen LogP contribution < -0.4 is 0 Å². The van der Waals surface area contributed by atoms with Crippen molar-refractivity contribution in [3.05, 3.63) is 0 Å². The average molecular weight is 310 g/mol. The molecule has 2 atom stereocenters. The standard InChI is InChI=1S/C8H16F2O6S2/c9-5-7(1-3-17(11,12)13)8(6-10)2-4-18(14,15)16/h7-8H,1-6H2,(H,11,12,13)(H,14,15,16). The van der Waals surface area contributed by atoms with Gasteiger partial charge in [-0.2, -0.15) is 16.8 Å². The number of rotatable bonds is 9. The number of alkyl halides is 2. The molecular weight excluding hydrogens is 294 g/mol. The van der Waals surface area contributed by atoms with E-state index in [2.05, 4.69) is 0 Å². The van der Waals surface area contributed by atoms with Crippen molar-refractivity contribution >= 4 is 20.2 Å². The third-order valence-corrected chi connectivity index (χ3v) is 4.06. The van der Waals surface area contributed by atoms with Gasteiger partial charge in [0.1, 0.15) is 0 Å². The van der Waals surface area contributed by atoms with Gasteiger partial charge in [-0.05, 0) is 24.7 Å². The van der Waals surface area contributed by atoms with E-state index in [0.29, 0.717) is 0 Å². The van der Waals surface area contributed by atoms with Crippen molar-refractivity contribution in [2.45, 2.75) is 12.8 Å². The summed E-state index contributed by atoms with van der Waals surface area (Å²) in [6.45, 7) is -2.06. The van der Waals surface area contributed by atoms with E-state index < -0.39 is 56.9 Å². The third-order valence-electron chi connectivity index (χ3n) is 2.56. The first-order valence-corrected chi connectivity index (χ1v) is 8.33. The summed E-state index contributed by atoms with van der Waals surface area (Å²) < 4.78 is 84.2. The van der Waals surface area contributed by atoms with E-state index in [1.165, 1.54) is 0 Å². The summed E-state index contributed by atoms with van der Waals surface area (Å²) in [5.74, 6) is -3.47. The van der Waals surface area contributed by atoms with Crippen molar-refractivity contribution in [1.29, 1.82) is 0 Å². The van der Waals surface area contributed by atoms with Crippen LogP contribution in [0.3, 0.4) is 0 Å². The van der Waals surface area contributed by atoms with Crippen LogP contribution in [-0.2, 0) is 20.2 Å². The van der Waals surface area contributed by atoms with Gasteiger partial charge >= 0.3 is 0 Å². The van der Waals surface area contributed by atoms with Gasteiger partial charge in [0, 0.05) is 0 Å². The second-order valence-corrected chi connectivity index (χ2v) is 7.12. The van der Waals surface area contributed by atoms with Gasteiger partial charge in [-0.15, -0.1) is 0 Å². The molecule has 18 heavy (non-hydrogen) atoms. The molecule has 110 valence electrons. The molecule has 2 unspecified atom stereocenters. The Morgan fingerprint density at radius 3 is 1.22 bits per heavy atom. The van der Waals surface area contributed by atoms with Crippen LogP contribution in [0, 0.1) is 11.8 Å². The van der Waals surface area contributed by atoms with Crippen molar-refractivity contribution < 1.29 is 34.7 Å². The molecule has 0 rings (SSSR count). The van der Waals surface area contributed by atoms with Crippen molar-refractivity contribution in [2.24, 2.45) is 11.8 Å². The van der Waals surface area contributed by atoms with Gasteiger partial charge in [0.15, 0.2) is 0 Å². The van der Waals surface area contributed by atoms with Crippen LogP contribution in [0.25, 0.3) is 0 Å². The predicted octanol–water partition coefficient (Wildman–Crippen LogP) is 0.714. The lowest BCUT2D eigenvalue weighted by Crippen LogP contribution is -2.24. The number of hydrogen-bond donors (Lipinski definition) is 2. The highest BCUT2D eigenvalue weighted by Gasteiger charge is 2.25. The highest BCUT2D eigenvalue weighted by molar-refractivity contribution is 7.86. The molecule has 10 heteroatoms.